The van der Waals surface area contributed by atoms with Crippen molar-refractivity contribution in [3.05, 3.63) is 40.4 Å². The third-order valence-corrected chi connectivity index (χ3v) is 2.93. The SMILES string of the molecule is Cc1n[nH]c(=S)n1-c1ccc(C(C)C)cc1. The highest BCUT2D eigenvalue weighted by molar-refractivity contribution is 7.71. The fourth-order valence-electron chi connectivity index (χ4n) is 1.69. The lowest BCUT2D eigenvalue weighted by Crippen LogP contribution is -1.97. The highest BCUT2D eigenvalue weighted by Gasteiger charge is 2.04. The molecule has 0 bridgehead atoms. The number of hydrogen-bond acceptors (Lipinski definition) is 2. The standard InChI is InChI=1S/C12H15N3S/c1-8(2)10-4-6-11(7-5-10)15-9(3)13-14-12(15)16/h4-8H,1-3H3,(H,14,16). The number of aryl methyl sites for hydroxylation is 1. The first-order chi connectivity index (χ1) is 7.59. The summed E-state index contributed by atoms with van der Waals surface area (Å²) in [7, 11) is 0. The van der Waals surface area contributed by atoms with Gasteiger partial charge in [0.2, 0.25) is 0 Å². The first-order valence-electron chi connectivity index (χ1n) is 5.34. The van der Waals surface area contributed by atoms with Gasteiger partial charge in [0.1, 0.15) is 5.82 Å². The molecular formula is C12H15N3S. The maximum atomic E-state index is 5.18. The Bertz CT molecular complexity index is 534. The Hall–Kier alpha value is -1.42. The van der Waals surface area contributed by atoms with Crippen LogP contribution < -0.4 is 0 Å². The van der Waals surface area contributed by atoms with Crippen molar-refractivity contribution in [2.45, 2.75) is 26.7 Å². The number of aromatic amines is 1. The lowest BCUT2D eigenvalue weighted by molar-refractivity contribution is 0.863. The summed E-state index contributed by atoms with van der Waals surface area (Å²) in [6.45, 7) is 6.30. The zero-order chi connectivity index (χ0) is 11.7. The molecule has 0 radical (unpaired) electrons. The monoisotopic (exact) mass is 233 g/mol. The van der Waals surface area contributed by atoms with E-state index < -0.39 is 0 Å². The predicted molar refractivity (Wildman–Crippen MR) is 67.6 cm³/mol. The van der Waals surface area contributed by atoms with Crippen molar-refractivity contribution in [3.8, 4) is 5.69 Å². The van der Waals surface area contributed by atoms with E-state index in [1.807, 2.05) is 11.5 Å². The molecule has 0 unspecified atom stereocenters. The van der Waals surface area contributed by atoms with Gasteiger partial charge in [0.25, 0.3) is 0 Å². The summed E-state index contributed by atoms with van der Waals surface area (Å²) in [6, 6.07) is 8.42. The van der Waals surface area contributed by atoms with Gasteiger partial charge >= 0.3 is 0 Å². The van der Waals surface area contributed by atoms with Crippen LogP contribution in [0.5, 0.6) is 0 Å². The molecule has 1 aromatic heterocycles. The molecule has 0 aliphatic rings. The van der Waals surface area contributed by atoms with Crippen LogP contribution in [0, 0.1) is 11.7 Å². The molecule has 0 fully saturated rings. The molecule has 1 heterocycles. The van der Waals surface area contributed by atoms with Crippen LogP contribution in [0.25, 0.3) is 5.69 Å². The first kappa shape index (κ1) is 11.1. The van der Waals surface area contributed by atoms with Gasteiger partial charge in [-0.3, -0.25) is 9.67 Å². The van der Waals surface area contributed by atoms with Crippen molar-refractivity contribution >= 4 is 12.2 Å². The molecule has 84 valence electrons. The number of hydrogen-bond donors (Lipinski definition) is 1. The Morgan fingerprint density at radius 3 is 2.31 bits per heavy atom. The predicted octanol–water partition coefficient (Wildman–Crippen LogP) is 3.36. The van der Waals surface area contributed by atoms with Crippen LogP contribution in [-0.2, 0) is 0 Å². The Balaban J connectivity index is 2.46. The minimum absolute atomic E-state index is 0.549. The average molecular weight is 233 g/mol. The summed E-state index contributed by atoms with van der Waals surface area (Å²) in [6.07, 6.45) is 0. The minimum atomic E-state index is 0.549. The van der Waals surface area contributed by atoms with Crippen molar-refractivity contribution in [1.82, 2.24) is 14.8 Å². The third kappa shape index (κ3) is 1.93. The van der Waals surface area contributed by atoms with Crippen molar-refractivity contribution in [2.24, 2.45) is 0 Å². The average Bonchev–Trinajstić information content (AvgIpc) is 2.59. The van der Waals surface area contributed by atoms with Crippen molar-refractivity contribution in [3.63, 3.8) is 0 Å². The van der Waals surface area contributed by atoms with Gasteiger partial charge in [-0.1, -0.05) is 26.0 Å². The highest BCUT2D eigenvalue weighted by atomic mass is 32.1. The molecule has 1 aromatic carbocycles. The lowest BCUT2D eigenvalue weighted by Gasteiger charge is -2.08. The molecule has 2 aromatic rings. The van der Waals surface area contributed by atoms with E-state index in [1.54, 1.807) is 0 Å². The van der Waals surface area contributed by atoms with Gasteiger partial charge in [-0.25, -0.2) is 0 Å². The third-order valence-electron chi connectivity index (χ3n) is 2.66. The quantitative estimate of drug-likeness (QED) is 0.807. The maximum Gasteiger partial charge on any atom is 0.199 e. The molecule has 16 heavy (non-hydrogen) atoms. The molecule has 0 aliphatic heterocycles. The van der Waals surface area contributed by atoms with E-state index in [4.69, 9.17) is 12.2 Å². The Morgan fingerprint density at radius 2 is 1.88 bits per heavy atom. The van der Waals surface area contributed by atoms with Crippen molar-refractivity contribution < 1.29 is 0 Å². The number of nitrogens with one attached hydrogen (secondary N) is 1. The van der Waals surface area contributed by atoms with Crippen LogP contribution in [0.15, 0.2) is 24.3 Å². The summed E-state index contributed by atoms with van der Waals surface area (Å²) < 4.78 is 2.56. The molecule has 0 spiro atoms. The molecule has 0 aliphatic carbocycles. The van der Waals surface area contributed by atoms with E-state index in [0.717, 1.165) is 11.5 Å². The smallest absolute Gasteiger partial charge is 0.199 e. The second-order valence-corrected chi connectivity index (χ2v) is 4.54. The van der Waals surface area contributed by atoms with Gasteiger partial charge in [-0.05, 0) is 42.8 Å². The summed E-state index contributed by atoms with van der Waals surface area (Å²) in [5.74, 6) is 1.43. The van der Waals surface area contributed by atoms with E-state index in [1.165, 1.54) is 5.56 Å². The number of aromatic nitrogens is 3. The molecule has 3 nitrogen and oxygen atoms in total. The van der Waals surface area contributed by atoms with E-state index in [0.29, 0.717) is 10.7 Å². The largest absolute Gasteiger partial charge is 0.272 e. The van der Waals surface area contributed by atoms with E-state index >= 15 is 0 Å². The number of nitrogens with zero attached hydrogens (tertiary/aromatic N) is 2. The van der Waals surface area contributed by atoms with Crippen LogP contribution in [0.2, 0.25) is 0 Å². The van der Waals surface area contributed by atoms with E-state index in [9.17, 15) is 0 Å². The normalized spacial score (nSPS) is 11.0. The second-order valence-electron chi connectivity index (χ2n) is 4.16. The van der Waals surface area contributed by atoms with E-state index in [2.05, 4.69) is 48.3 Å². The van der Waals surface area contributed by atoms with Gasteiger partial charge in [0.05, 0.1) is 0 Å². The van der Waals surface area contributed by atoms with Crippen LogP contribution in [0.3, 0.4) is 0 Å². The van der Waals surface area contributed by atoms with Crippen LogP contribution in [0.1, 0.15) is 31.2 Å². The van der Waals surface area contributed by atoms with Crippen molar-refractivity contribution in [2.75, 3.05) is 0 Å². The molecule has 2 rings (SSSR count). The number of H-pyrrole nitrogens is 1. The highest BCUT2D eigenvalue weighted by Crippen LogP contribution is 2.17. The molecule has 0 atom stereocenters. The molecule has 1 N–H and O–H groups in total. The topological polar surface area (TPSA) is 33.6 Å². The number of rotatable bonds is 2. The molecule has 0 saturated heterocycles. The molecular weight excluding hydrogens is 218 g/mol. The Labute approximate surface area is 100 Å². The molecule has 0 amide bonds. The van der Waals surface area contributed by atoms with Gasteiger partial charge in [0, 0.05) is 5.69 Å². The summed E-state index contributed by atoms with van der Waals surface area (Å²) in [5.41, 5.74) is 2.39. The fourth-order valence-corrected chi connectivity index (χ4v) is 1.97. The summed E-state index contributed by atoms with van der Waals surface area (Å²) >= 11 is 5.18. The van der Waals surface area contributed by atoms with Crippen LogP contribution in [-0.4, -0.2) is 14.8 Å². The van der Waals surface area contributed by atoms with Gasteiger partial charge in [-0.15, -0.1) is 0 Å². The zero-order valence-corrected chi connectivity index (χ0v) is 10.5. The Kier molecular flexibility index (Phi) is 2.92. The van der Waals surface area contributed by atoms with Crippen LogP contribution in [0.4, 0.5) is 0 Å². The van der Waals surface area contributed by atoms with Gasteiger partial charge in [0.15, 0.2) is 4.77 Å². The molecule has 4 heteroatoms. The first-order valence-corrected chi connectivity index (χ1v) is 5.75. The zero-order valence-electron chi connectivity index (χ0n) is 9.69. The maximum absolute atomic E-state index is 5.18. The van der Waals surface area contributed by atoms with Gasteiger partial charge in [-0.2, -0.15) is 5.10 Å². The number of benzene rings is 1. The Morgan fingerprint density at radius 1 is 1.25 bits per heavy atom. The van der Waals surface area contributed by atoms with Crippen molar-refractivity contribution in [1.29, 1.82) is 0 Å². The second kappa shape index (κ2) is 4.22. The van der Waals surface area contributed by atoms with E-state index in [-0.39, 0.29) is 0 Å². The lowest BCUT2D eigenvalue weighted by atomic mass is 10.0. The van der Waals surface area contributed by atoms with Crippen LogP contribution >= 0.6 is 12.2 Å². The summed E-state index contributed by atoms with van der Waals surface area (Å²) in [5, 5.41) is 6.88. The summed E-state index contributed by atoms with van der Waals surface area (Å²) in [4.78, 5) is 0. The fraction of sp³-hybridized carbons (Fsp3) is 0.333. The minimum Gasteiger partial charge on any atom is -0.272 e. The molecule has 0 saturated carbocycles. The van der Waals surface area contributed by atoms with Gasteiger partial charge < -0.3 is 0 Å².